The van der Waals surface area contributed by atoms with Crippen LogP contribution in [0.25, 0.3) is 5.69 Å². The molecule has 1 aromatic carbocycles. The number of hydrogen-bond acceptors (Lipinski definition) is 4. The Kier molecular flexibility index (Phi) is 6.64. The van der Waals surface area contributed by atoms with Crippen molar-refractivity contribution in [1.29, 1.82) is 0 Å². The molecule has 8 nitrogen and oxygen atoms in total. The molecule has 1 unspecified atom stereocenters. The van der Waals surface area contributed by atoms with Gasteiger partial charge in [-0.1, -0.05) is 12.1 Å². The summed E-state index contributed by atoms with van der Waals surface area (Å²) < 4.78 is 3.68. The first kappa shape index (κ1) is 20.6. The first-order valence-corrected chi connectivity index (χ1v) is 9.95. The van der Waals surface area contributed by atoms with E-state index in [0.717, 1.165) is 35.9 Å². The molecule has 0 aliphatic carbocycles. The van der Waals surface area contributed by atoms with E-state index < -0.39 is 0 Å². The van der Waals surface area contributed by atoms with Crippen molar-refractivity contribution in [1.82, 2.24) is 35.2 Å². The molecular weight excluding hydrogens is 364 g/mol. The molecule has 3 aromatic rings. The predicted octanol–water partition coefficient (Wildman–Crippen LogP) is 2.30. The van der Waals surface area contributed by atoms with E-state index in [1.165, 1.54) is 17.6 Å². The average molecular weight is 395 g/mol. The number of rotatable bonds is 7. The van der Waals surface area contributed by atoms with Gasteiger partial charge in [0.1, 0.15) is 12.7 Å². The van der Waals surface area contributed by atoms with Crippen LogP contribution in [0.5, 0.6) is 0 Å². The van der Waals surface area contributed by atoms with Crippen molar-refractivity contribution in [2.24, 2.45) is 12.0 Å². The minimum Gasteiger partial charge on any atom is -0.357 e. The third-order valence-corrected chi connectivity index (χ3v) is 4.94. The number of nitrogens with zero attached hydrogens (tertiary/aromatic N) is 6. The van der Waals surface area contributed by atoms with Crippen molar-refractivity contribution in [3.63, 3.8) is 0 Å². The van der Waals surface area contributed by atoms with E-state index in [4.69, 9.17) is 4.99 Å². The minimum atomic E-state index is 0.240. The quantitative estimate of drug-likeness (QED) is 0.474. The number of guanidine groups is 1. The number of aromatic nitrogens is 5. The summed E-state index contributed by atoms with van der Waals surface area (Å²) in [5.74, 6) is 0.819. The van der Waals surface area contributed by atoms with Gasteiger partial charge in [-0.05, 0) is 57.4 Å². The standard InChI is InChI=1S/C21H30N8/c1-6-23-21(26-15(2)11-20-16(3)27-28(5)17(20)4)24-12-18-7-9-19(10-8-18)29-14-22-13-25-29/h7-10,13-15H,6,11-12H2,1-5H3,(H2,23,24,26). The highest BCUT2D eigenvalue weighted by Crippen LogP contribution is 2.14. The van der Waals surface area contributed by atoms with Crippen LogP contribution in [0.4, 0.5) is 0 Å². The topological polar surface area (TPSA) is 84.9 Å². The lowest BCUT2D eigenvalue weighted by atomic mass is 10.1. The monoisotopic (exact) mass is 394 g/mol. The van der Waals surface area contributed by atoms with E-state index in [1.807, 2.05) is 23.9 Å². The highest BCUT2D eigenvalue weighted by atomic mass is 15.3. The molecule has 3 rings (SSSR count). The van der Waals surface area contributed by atoms with Gasteiger partial charge in [0.15, 0.2) is 5.96 Å². The maximum absolute atomic E-state index is 4.75. The number of hydrogen-bond donors (Lipinski definition) is 2. The van der Waals surface area contributed by atoms with Gasteiger partial charge in [-0.25, -0.2) is 14.7 Å². The van der Waals surface area contributed by atoms with Crippen LogP contribution < -0.4 is 10.6 Å². The number of benzene rings is 1. The van der Waals surface area contributed by atoms with E-state index in [9.17, 15) is 0 Å². The maximum atomic E-state index is 4.75. The van der Waals surface area contributed by atoms with Crippen LogP contribution in [-0.2, 0) is 20.0 Å². The molecule has 0 saturated heterocycles. The van der Waals surface area contributed by atoms with Gasteiger partial charge in [-0.2, -0.15) is 10.2 Å². The van der Waals surface area contributed by atoms with Crippen LogP contribution in [0.1, 0.15) is 36.4 Å². The zero-order valence-corrected chi connectivity index (χ0v) is 17.8. The van der Waals surface area contributed by atoms with Crippen LogP contribution in [0, 0.1) is 13.8 Å². The molecule has 0 saturated carbocycles. The van der Waals surface area contributed by atoms with E-state index in [1.54, 1.807) is 11.0 Å². The molecule has 2 N–H and O–H groups in total. The van der Waals surface area contributed by atoms with Crippen LogP contribution >= 0.6 is 0 Å². The van der Waals surface area contributed by atoms with Gasteiger partial charge in [0.25, 0.3) is 0 Å². The molecule has 1 atom stereocenters. The summed E-state index contributed by atoms with van der Waals surface area (Å²) in [6.45, 7) is 9.84. The molecule has 2 aromatic heterocycles. The fraction of sp³-hybridized carbons (Fsp3) is 0.429. The molecule has 154 valence electrons. The van der Waals surface area contributed by atoms with Gasteiger partial charge in [-0.15, -0.1) is 0 Å². The molecule has 2 heterocycles. The lowest BCUT2D eigenvalue weighted by molar-refractivity contribution is 0.636. The summed E-state index contributed by atoms with van der Waals surface area (Å²) in [6.07, 6.45) is 4.12. The van der Waals surface area contributed by atoms with Gasteiger partial charge in [0.2, 0.25) is 0 Å². The Morgan fingerprint density at radius 1 is 1.21 bits per heavy atom. The summed E-state index contributed by atoms with van der Waals surface area (Å²) in [5, 5.41) is 15.5. The number of nitrogens with one attached hydrogen (secondary N) is 2. The van der Waals surface area contributed by atoms with Crippen molar-refractivity contribution >= 4 is 5.96 Å². The summed E-state index contributed by atoms with van der Waals surface area (Å²) >= 11 is 0. The van der Waals surface area contributed by atoms with Crippen molar-refractivity contribution in [2.75, 3.05) is 6.54 Å². The Morgan fingerprint density at radius 3 is 2.55 bits per heavy atom. The Morgan fingerprint density at radius 2 is 1.97 bits per heavy atom. The van der Waals surface area contributed by atoms with Crippen LogP contribution in [-0.4, -0.2) is 43.1 Å². The Hall–Kier alpha value is -3.16. The van der Waals surface area contributed by atoms with Gasteiger partial charge in [-0.3, -0.25) is 4.68 Å². The molecule has 0 amide bonds. The zero-order valence-electron chi connectivity index (χ0n) is 17.8. The molecule has 0 radical (unpaired) electrons. The fourth-order valence-corrected chi connectivity index (χ4v) is 3.29. The summed E-state index contributed by atoms with van der Waals surface area (Å²) in [4.78, 5) is 8.73. The summed E-state index contributed by atoms with van der Waals surface area (Å²) in [6, 6.07) is 8.42. The SMILES string of the molecule is CCNC(=NCc1ccc(-n2cncn2)cc1)NC(C)Cc1c(C)nn(C)c1C. The second kappa shape index (κ2) is 9.36. The smallest absolute Gasteiger partial charge is 0.191 e. The van der Waals surface area contributed by atoms with Crippen LogP contribution in [0.2, 0.25) is 0 Å². The molecule has 0 bridgehead atoms. The number of aliphatic imine (C=N–C) groups is 1. The van der Waals surface area contributed by atoms with Gasteiger partial charge in [0.05, 0.1) is 17.9 Å². The predicted molar refractivity (Wildman–Crippen MR) is 115 cm³/mol. The maximum Gasteiger partial charge on any atom is 0.191 e. The second-order valence-electron chi connectivity index (χ2n) is 7.22. The Bertz CT molecular complexity index is 938. The molecule has 29 heavy (non-hydrogen) atoms. The van der Waals surface area contributed by atoms with Crippen LogP contribution in [0.15, 0.2) is 41.9 Å². The van der Waals surface area contributed by atoms with E-state index in [-0.39, 0.29) is 6.04 Å². The minimum absolute atomic E-state index is 0.240. The van der Waals surface area contributed by atoms with Gasteiger partial charge < -0.3 is 10.6 Å². The van der Waals surface area contributed by atoms with E-state index in [2.05, 4.69) is 65.6 Å². The van der Waals surface area contributed by atoms with Crippen molar-refractivity contribution in [2.45, 2.75) is 46.7 Å². The Labute approximate surface area is 172 Å². The highest BCUT2D eigenvalue weighted by Gasteiger charge is 2.14. The third-order valence-electron chi connectivity index (χ3n) is 4.94. The summed E-state index contributed by atoms with van der Waals surface area (Å²) in [5.41, 5.74) is 5.72. The second-order valence-corrected chi connectivity index (χ2v) is 7.22. The first-order valence-electron chi connectivity index (χ1n) is 9.95. The van der Waals surface area contributed by atoms with E-state index in [0.29, 0.717) is 6.54 Å². The third kappa shape index (κ3) is 5.22. The Balaban J connectivity index is 1.63. The van der Waals surface area contributed by atoms with E-state index >= 15 is 0 Å². The van der Waals surface area contributed by atoms with Gasteiger partial charge in [0, 0.05) is 25.3 Å². The normalized spacial score (nSPS) is 12.8. The van der Waals surface area contributed by atoms with Gasteiger partial charge >= 0.3 is 0 Å². The molecule has 0 fully saturated rings. The summed E-state index contributed by atoms with van der Waals surface area (Å²) in [7, 11) is 1.99. The average Bonchev–Trinajstić information content (AvgIpc) is 3.32. The van der Waals surface area contributed by atoms with Crippen molar-refractivity contribution in [3.05, 3.63) is 59.4 Å². The fourth-order valence-electron chi connectivity index (χ4n) is 3.29. The van der Waals surface area contributed by atoms with Crippen molar-refractivity contribution in [3.8, 4) is 5.69 Å². The largest absolute Gasteiger partial charge is 0.357 e. The lowest BCUT2D eigenvalue weighted by Crippen LogP contribution is -2.43. The number of aryl methyl sites for hydroxylation is 2. The van der Waals surface area contributed by atoms with Crippen LogP contribution in [0.3, 0.4) is 0 Å². The molecule has 8 heteroatoms. The highest BCUT2D eigenvalue weighted by molar-refractivity contribution is 5.80. The first-order chi connectivity index (χ1) is 14.0. The van der Waals surface area contributed by atoms with Crippen molar-refractivity contribution < 1.29 is 0 Å². The lowest BCUT2D eigenvalue weighted by Gasteiger charge is -2.18. The molecular formula is C21H30N8. The molecule has 0 spiro atoms. The molecule has 0 aliphatic heterocycles. The zero-order chi connectivity index (χ0) is 20.8. The molecule has 0 aliphatic rings.